The molecule has 0 saturated carbocycles. The van der Waals surface area contributed by atoms with Crippen molar-refractivity contribution >= 4 is 11.8 Å². The number of hydrogen-bond donors (Lipinski definition) is 2. The topological polar surface area (TPSA) is 67.6 Å². The molecule has 1 aromatic carbocycles. The minimum absolute atomic E-state index is 0.577. The van der Waals surface area contributed by atoms with Crippen LogP contribution in [0.2, 0.25) is 0 Å². The summed E-state index contributed by atoms with van der Waals surface area (Å²) in [6.45, 7) is 2.64. The van der Waals surface area contributed by atoms with E-state index in [1.165, 1.54) is 16.8 Å². The van der Waals surface area contributed by atoms with Crippen LogP contribution in [0.4, 0.5) is 0 Å². The van der Waals surface area contributed by atoms with Gasteiger partial charge in [0, 0.05) is 11.4 Å². The summed E-state index contributed by atoms with van der Waals surface area (Å²) in [5, 5.41) is 7.43. The molecule has 0 amide bonds. The smallest absolute Gasteiger partial charge is 0.188 e. The number of hydrogen-bond acceptors (Lipinski definition) is 4. The lowest BCUT2D eigenvalue weighted by Crippen LogP contribution is -1.96. The normalized spacial score (nSPS) is 10.5. The fourth-order valence-corrected chi connectivity index (χ4v) is 2.06. The average molecular weight is 220 g/mol. The van der Waals surface area contributed by atoms with Crippen LogP contribution in [0.5, 0.6) is 0 Å². The number of benzene rings is 1. The second-order valence-corrected chi connectivity index (χ2v) is 4.23. The van der Waals surface area contributed by atoms with E-state index < -0.39 is 0 Å². The second-order valence-electron chi connectivity index (χ2n) is 3.20. The standard InChI is InChI=1S/C10H12N4S/c1-7-4-8(5-11)2-3-9(7)15-10-12-6-13-14-10/h2-4,6H,5,11H2,1H3,(H,12,13,14). The summed E-state index contributed by atoms with van der Waals surface area (Å²) >= 11 is 1.57. The van der Waals surface area contributed by atoms with Gasteiger partial charge >= 0.3 is 0 Å². The molecule has 15 heavy (non-hydrogen) atoms. The largest absolute Gasteiger partial charge is 0.326 e. The van der Waals surface area contributed by atoms with Gasteiger partial charge in [-0.05, 0) is 24.1 Å². The fraction of sp³-hybridized carbons (Fsp3) is 0.200. The van der Waals surface area contributed by atoms with Crippen LogP contribution in [0, 0.1) is 6.92 Å². The molecule has 0 spiro atoms. The molecular weight excluding hydrogens is 208 g/mol. The molecule has 0 aliphatic rings. The van der Waals surface area contributed by atoms with Gasteiger partial charge in [0.1, 0.15) is 6.33 Å². The van der Waals surface area contributed by atoms with Gasteiger partial charge in [-0.15, -0.1) is 0 Å². The van der Waals surface area contributed by atoms with Crippen molar-refractivity contribution in [3.05, 3.63) is 35.7 Å². The Labute approximate surface area is 92.3 Å². The highest BCUT2D eigenvalue weighted by Gasteiger charge is 2.03. The quantitative estimate of drug-likeness (QED) is 0.826. The molecule has 5 heteroatoms. The second kappa shape index (κ2) is 4.46. The van der Waals surface area contributed by atoms with E-state index in [2.05, 4.69) is 34.2 Å². The predicted octanol–water partition coefficient (Wildman–Crippen LogP) is 1.72. The summed E-state index contributed by atoms with van der Waals surface area (Å²) in [7, 11) is 0. The maximum atomic E-state index is 5.57. The molecule has 0 aliphatic carbocycles. The number of nitrogens with zero attached hydrogens (tertiary/aromatic N) is 2. The zero-order chi connectivity index (χ0) is 10.7. The molecule has 3 N–H and O–H groups in total. The van der Waals surface area contributed by atoms with Gasteiger partial charge in [-0.3, -0.25) is 5.10 Å². The Hall–Kier alpha value is -1.33. The zero-order valence-electron chi connectivity index (χ0n) is 8.40. The van der Waals surface area contributed by atoms with Crippen LogP contribution < -0.4 is 5.73 Å². The Balaban J connectivity index is 2.22. The molecule has 0 bridgehead atoms. The van der Waals surface area contributed by atoms with E-state index >= 15 is 0 Å². The van der Waals surface area contributed by atoms with Gasteiger partial charge in [0.2, 0.25) is 0 Å². The molecule has 0 radical (unpaired) electrons. The Morgan fingerprint density at radius 3 is 2.93 bits per heavy atom. The molecule has 2 rings (SSSR count). The monoisotopic (exact) mass is 220 g/mol. The Morgan fingerprint density at radius 1 is 1.47 bits per heavy atom. The molecule has 1 heterocycles. The molecule has 0 aliphatic heterocycles. The maximum Gasteiger partial charge on any atom is 0.188 e. The van der Waals surface area contributed by atoms with E-state index in [4.69, 9.17) is 5.73 Å². The summed E-state index contributed by atoms with van der Waals surface area (Å²) in [4.78, 5) is 5.24. The van der Waals surface area contributed by atoms with Crippen molar-refractivity contribution in [2.24, 2.45) is 5.73 Å². The van der Waals surface area contributed by atoms with E-state index in [1.54, 1.807) is 11.8 Å². The lowest BCUT2D eigenvalue weighted by molar-refractivity contribution is 0.971. The first kappa shape index (κ1) is 10.2. The number of aryl methyl sites for hydroxylation is 1. The summed E-state index contributed by atoms with van der Waals surface area (Å²) < 4.78 is 0. The van der Waals surface area contributed by atoms with Crippen LogP contribution in [-0.4, -0.2) is 15.2 Å². The zero-order valence-corrected chi connectivity index (χ0v) is 9.21. The van der Waals surface area contributed by atoms with Crippen molar-refractivity contribution in [1.82, 2.24) is 15.2 Å². The average Bonchev–Trinajstić information content (AvgIpc) is 2.74. The highest BCUT2D eigenvalue weighted by atomic mass is 32.2. The highest BCUT2D eigenvalue weighted by molar-refractivity contribution is 7.99. The third-order valence-corrected chi connectivity index (χ3v) is 3.14. The van der Waals surface area contributed by atoms with E-state index in [9.17, 15) is 0 Å². The summed E-state index contributed by atoms with van der Waals surface area (Å²) in [5.74, 6) is 0. The van der Waals surface area contributed by atoms with E-state index in [0.717, 1.165) is 10.7 Å². The number of rotatable bonds is 3. The molecule has 2 aromatic rings. The lowest BCUT2D eigenvalue weighted by atomic mass is 10.1. The van der Waals surface area contributed by atoms with Gasteiger partial charge in [0.25, 0.3) is 0 Å². The Bertz CT molecular complexity index is 439. The van der Waals surface area contributed by atoms with E-state index in [1.807, 2.05) is 6.07 Å². The summed E-state index contributed by atoms with van der Waals surface area (Å²) in [5.41, 5.74) is 7.92. The number of nitrogens with one attached hydrogen (secondary N) is 1. The van der Waals surface area contributed by atoms with Crippen molar-refractivity contribution in [2.75, 3.05) is 0 Å². The van der Waals surface area contributed by atoms with Crippen LogP contribution >= 0.6 is 11.8 Å². The first-order valence-electron chi connectivity index (χ1n) is 4.62. The SMILES string of the molecule is Cc1cc(CN)ccc1Sc1ncn[nH]1. The summed E-state index contributed by atoms with van der Waals surface area (Å²) in [6.07, 6.45) is 1.51. The van der Waals surface area contributed by atoms with Gasteiger partial charge < -0.3 is 5.73 Å². The van der Waals surface area contributed by atoms with Crippen molar-refractivity contribution in [3.63, 3.8) is 0 Å². The van der Waals surface area contributed by atoms with E-state index in [0.29, 0.717) is 6.54 Å². The Morgan fingerprint density at radius 2 is 2.33 bits per heavy atom. The molecule has 4 nitrogen and oxygen atoms in total. The van der Waals surface area contributed by atoms with Crippen LogP contribution in [0.25, 0.3) is 0 Å². The number of aromatic nitrogens is 3. The molecule has 0 atom stereocenters. The first-order valence-corrected chi connectivity index (χ1v) is 5.44. The molecule has 0 saturated heterocycles. The number of H-pyrrole nitrogens is 1. The minimum atomic E-state index is 0.577. The highest BCUT2D eigenvalue weighted by Crippen LogP contribution is 2.27. The summed E-state index contributed by atoms with van der Waals surface area (Å²) in [6, 6.07) is 6.19. The molecular formula is C10H12N4S. The van der Waals surface area contributed by atoms with Crippen molar-refractivity contribution in [1.29, 1.82) is 0 Å². The van der Waals surface area contributed by atoms with Crippen LogP contribution in [0.15, 0.2) is 34.6 Å². The van der Waals surface area contributed by atoms with Crippen LogP contribution in [0.1, 0.15) is 11.1 Å². The van der Waals surface area contributed by atoms with Crippen molar-refractivity contribution in [2.45, 2.75) is 23.5 Å². The van der Waals surface area contributed by atoms with Gasteiger partial charge in [-0.25, -0.2) is 4.98 Å². The third kappa shape index (κ3) is 2.37. The lowest BCUT2D eigenvalue weighted by Gasteiger charge is -2.04. The molecule has 0 fully saturated rings. The van der Waals surface area contributed by atoms with Gasteiger partial charge in [-0.1, -0.05) is 23.9 Å². The first-order chi connectivity index (χ1) is 7.29. The predicted molar refractivity (Wildman–Crippen MR) is 59.6 cm³/mol. The number of aromatic amines is 1. The van der Waals surface area contributed by atoms with Crippen LogP contribution in [0.3, 0.4) is 0 Å². The molecule has 0 unspecified atom stereocenters. The van der Waals surface area contributed by atoms with Crippen LogP contribution in [-0.2, 0) is 6.54 Å². The minimum Gasteiger partial charge on any atom is -0.326 e. The van der Waals surface area contributed by atoms with Gasteiger partial charge in [0.15, 0.2) is 5.16 Å². The van der Waals surface area contributed by atoms with Gasteiger partial charge in [0.05, 0.1) is 0 Å². The van der Waals surface area contributed by atoms with E-state index in [-0.39, 0.29) is 0 Å². The molecule has 1 aromatic heterocycles. The van der Waals surface area contributed by atoms with Crippen molar-refractivity contribution in [3.8, 4) is 0 Å². The maximum absolute atomic E-state index is 5.57. The Kier molecular flexibility index (Phi) is 3.03. The number of nitrogens with two attached hydrogens (primary N) is 1. The van der Waals surface area contributed by atoms with Crippen molar-refractivity contribution < 1.29 is 0 Å². The van der Waals surface area contributed by atoms with Gasteiger partial charge in [-0.2, -0.15) is 5.10 Å². The fourth-order valence-electron chi connectivity index (χ4n) is 1.30. The molecule has 78 valence electrons. The third-order valence-electron chi connectivity index (χ3n) is 2.07.